The summed E-state index contributed by atoms with van der Waals surface area (Å²) < 4.78 is 12.6. The number of rotatable bonds is 4. The Morgan fingerprint density at radius 3 is 2.70 bits per heavy atom. The van der Waals surface area contributed by atoms with Crippen LogP contribution < -0.4 is 0 Å². The number of aliphatic hydroxyl groups is 1. The number of H-pyrrole nitrogens is 1. The smallest absolute Gasteiger partial charge is 0.323 e. The zero-order valence-corrected chi connectivity index (χ0v) is 14.1. The number of pyridine rings is 2. The van der Waals surface area contributed by atoms with Gasteiger partial charge in [0.15, 0.2) is 11.4 Å². The number of hydrogen-bond acceptors (Lipinski definition) is 5. The van der Waals surface area contributed by atoms with E-state index in [0.29, 0.717) is 27.8 Å². The zero-order valence-electron chi connectivity index (χ0n) is 13.3. The van der Waals surface area contributed by atoms with E-state index in [2.05, 4.69) is 19.9 Å². The van der Waals surface area contributed by atoms with E-state index in [4.69, 9.17) is 5.11 Å². The molecule has 1 unspecified atom stereocenters. The number of nitrogens with zero attached hydrogens (tertiary/aromatic N) is 3. The van der Waals surface area contributed by atoms with Gasteiger partial charge in [0.25, 0.3) is 0 Å². The van der Waals surface area contributed by atoms with E-state index in [-0.39, 0.29) is 6.61 Å². The Morgan fingerprint density at radius 2 is 1.96 bits per heavy atom. The lowest BCUT2D eigenvalue weighted by Crippen LogP contribution is -2.10. The van der Waals surface area contributed by atoms with Crippen molar-refractivity contribution in [1.82, 2.24) is 19.9 Å². The minimum atomic E-state index is -1.33. The summed E-state index contributed by atoms with van der Waals surface area (Å²) in [6.45, 7) is 5.91. The molecule has 1 atom stereocenters. The van der Waals surface area contributed by atoms with Gasteiger partial charge in [0, 0.05) is 17.4 Å². The molecule has 0 saturated heterocycles. The second kappa shape index (κ2) is 6.27. The first-order chi connectivity index (χ1) is 11.0. The fraction of sp³-hybridized carbons (Fsp3) is 0.312. The van der Waals surface area contributed by atoms with E-state index in [9.17, 15) is 4.55 Å². The van der Waals surface area contributed by atoms with Crippen LogP contribution in [0.1, 0.15) is 28.1 Å². The number of hydrogen-bond donors (Lipinski definition) is 2. The molecule has 3 aromatic rings. The van der Waals surface area contributed by atoms with Crippen LogP contribution in [-0.4, -0.2) is 29.6 Å². The van der Waals surface area contributed by atoms with Crippen LogP contribution in [0, 0.1) is 20.8 Å². The minimum absolute atomic E-state index is 0.146. The van der Waals surface area contributed by atoms with Crippen LogP contribution in [0.4, 0.5) is 0 Å². The summed E-state index contributed by atoms with van der Waals surface area (Å²) in [4.78, 5) is 15.9. The third-order valence-electron chi connectivity index (χ3n) is 4.03. The van der Waals surface area contributed by atoms with Crippen molar-refractivity contribution in [3.63, 3.8) is 0 Å². The Kier molecular flexibility index (Phi) is 4.34. The van der Waals surface area contributed by atoms with Crippen LogP contribution in [-0.2, 0) is 23.5 Å². The summed E-state index contributed by atoms with van der Waals surface area (Å²) in [6.07, 6.45) is 1.81. The van der Waals surface area contributed by atoms with Crippen LogP contribution in [0.15, 0.2) is 23.5 Å². The Labute approximate surface area is 137 Å². The van der Waals surface area contributed by atoms with E-state index in [1.807, 2.05) is 27.0 Å². The van der Waals surface area contributed by atoms with Gasteiger partial charge in [-0.05, 0) is 49.6 Å². The minimum Gasteiger partial charge on any atom is -0.609 e. The number of aromatic amines is 1. The highest BCUT2D eigenvalue weighted by atomic mass is 32.2. The van der Waals surface area contributed by atoms with Gasteiger partial charge in [-0.25, -0.2) is 4.98 Å². The van der Waals surface area contributed by atoms with Crippen molar-refractivity contribution in [2.45, 2.75) is 38.3 Å². The highest BCUT2D eigenvalue weighted by Gasteiger charge is 2.20. The van der Waals surface area contributed by atoms with Gasteiger partial charge in [0.2, 0.25) is 0 Å². The summed E-state index contributed by atoms with van der Waals surface area (Å²) in [5.41, 5.74) is 5.88. The van der Waals surface area contributed by atoms with Crippen LogP contribution in [0.2, 0.25) is 0 Å². The van der Waals surface area contributed by atoms with Gasteiger partial charge in [-0.15, -0.1) is 0 Å². The summed E-state index contributed by atoms with van der Waals surface area (Å²) >= 11 is -1.33. The second-order valence-electron chi connectivity index (χ2n) is 5.50. The molecule has 0 aliphatic carbocycles. The second-order valence-corrected chi connectivity index (χ2v) is 6.87. The zero-order chi connectivity index (χ0) is 16.6. The van der Waals surface area contributed by atoms with Crippen molar-refractivity contribution < 1.29 is 9.66 Å². The monoisotopic (exact) mass is 330 g/mol. The van der Waals surface area contributed by atoms with Crippen molar-refractivity contribution in [2.75, 3.05) is 0 Å². The molecule has 0 radical (unpaired) electrons. The first-order valence-corrected chi connectivity index (χ1v) is 8.58. The molecule has 3 aromatic heterocycles. The molecule has 3 rings (SSSR count). The SMILES string of the molecule is Cc1cnc(C[S+]([O-])c2nc3nc(CO)ccc3[nH]2)c(C)c1C. The third-order valence-corrected chi connectivity index (χ3v) is 5.19. The molecule has 2 N–H and O–H groups in total. The summed E-state index contributed by atoms with van der Waals surface area (Å²) in [6, 6.07) is 3.49. The molecular weight excluding hydrogens is 312 g/mol. The Balaban J connectivity index is 1.88. The number of aliphatic hydroxyl groups excluding tert-OH is 1. The average molecular weight is 330 g/mol. The first kappa shape index (κ1) is 15.9. The molecule has 0 aliphatic rings. The van der Waals surface area contributed by atoms with Crippen LogP contribution >= 0.6 is 0 Å². The molecule has 0 amide bonds. The van der Waals surface area contributed by atoms with Gasteiger partial charge in [-0.1, -0.05) is 0 Å². The molecule has 0 saturated carbocycles. The number of nitrogens with one attached hydrogen (secondary N) is 1. The van der Waals surface area contributed by atoms with E-state index < -0.39 is 11.2 Å². The molecule has 3 heterocycles. The fourth-order valence-corrected chi connectivity index (χ4v) is 3.41. The molecular formula is C16H18N4O2S. The number of aromatic nitrogens is 4. The van der Waals surface area contributed by atoms with Crippen molar-refractivity contribution in [3.8, 4) is 0 Å². The molecule has 120 valence electrons. The van der Waals surface area contributed by atoms with Gasteiger partial charge < -0.3 is 9.66 Å². The molecule has 0 bridgehead atoms. The fourth-order valence-electron chi connectivity index (χ4n) is 2.32. The normalized spacial score (nSPS) is 12.7. The Morgan fingerprint density at radius 1 is 1.17 bits per heavy atom. The van der Waals surface area contributed by atoms with Crippen molar-refractivity contribution in [2.24, 2.45) is 0 Å². The van der Waals surface area contributed by atoms with Crippen molar-refractivity contribution in [3.05, 3.63) is 46.4 Å². The number of fused-ring (bicyclic) bond motifs is 1. The summed E-state index contributed by atoms with van der Waals surface area (Å²) in [5.74, 6) is 0.305. The van der Waals surface area contributed by atoms with Gasteiger partial charge in [-0.3, -0.25) is 9.97 Å². The van der Waals surface area contributed by atoms with E-state index >= 15 is 0 Å². The summed E-state index contributed by atoms with van der Waals surface area (Å²) in [7, 11) is 0. The van der Waals surface area contributed by atoms with E-state index in [1.165, 1.54) is 5.56 Å². The maximum absolute atomic E-state index is 12.6. The molecule has 7 heteroatoms. The predicted molar refractivity (Wildman–Crippen MR) is 88.4 cm³/mol. The average Bonchev–Trinajstić information content (AvgIpc) is 2.98. The highest BCUT2D eigenvalue weighted by molar-refractivity contribution is 7.90. The molecule has 0 aromatic carbocycles. The predicted octanol–water partition coefficient (Wildman–Crippen LogP) is 2.08. The highest BCUT2D eigenvalue weighted by Crippen LogP contribution is 2.21. The van der Waals surface area contributed by atoms with Crippen LogP contribution in [0.25, 0.3) is 11.2 Å². The number of aryl methyl sites for hydroxylation is 1. The van der Waals surface area contributed by atoms with Gasteiger partial charge in [0.1, 0.15) is 0 Å². The lowest BCUT2D eigenvalue weighted by molar-refractivity contribution is 0.277. The molecule has 6 nitrogen and oxygen atoms in total. The maximum atomic E-state index is 12.6. The first-order valence-electron chi connectivity index (χ1n) is 7.26. The lowest BCUT2D eigenvalue weighted by Gasteiger charge is -2.11. The molecule has 23 heavy (non-hydrogen) atoms. The third kappa shape index (κ3) is 3.08. The molecule has 0 spiro atoms. The lowest BCUT2D eigenvalue weighted by atomic mass is 10.1. The topological polar surface area (TPSA) is 97.8 Å². The maximum Gasteiger partial charge on any atom is 0.323 e. The van der Waals surface area contributed by atoms with Crippen LogP contribution in [0.5, 0.6) is 0 Å². The van der Waals surface area contributed by atoms with Gasteiger partial charge in [0.05, 0.1) is 23.5 Å². The van der Waals surface area contributed by atoms with E-state index in [0.717, 1.165) is 16.8 Å². The Hall–Kier alpha value is -1.96. The van der Waals surface area contributed by atoms with Gasteiger partial charge in [-0.2, -0.15) is 4.98 Å². The van der Waals surface area contributed by atoms with Gasteiger partial charge >= 0.3 is 5.16 Å². The quantitative estimate of drug-likeness (QED) is 0.714. The van der Waals surface area contributed by atoms with Crippen LogP contribution in [0.3, 0.4) is 0 Å². The van der Waals surface area contributed by atoms with E-state index in [1.54, 1.807) is 12.1 Å². The summed E-state index contributed by atoms with van der Waals surface area (Å²) in [5, 5.41) is 9.49. The number of imidazole rings is 1. The molecule has 0 fully saturated rings. The Bertz CT molecular complexity index is 863. The van der Waals surface area contributed by atoms with Crippen molar-refractivity contribution >= 4 is 22.3 Å². The standard InChI is InChI=1S/C16H18N4O2S/c1-9-6-17-14(11(3)10(9)2)8-23(22)16-19-13-5-4-12(7-21)18-15(13)20-16/h4-6,21H,7-8H2,1-3H3,(H,18,19,20). The largest absolute Gasteiger partial charge is 0.609 e. The van der Waals surface area contributed by atoms with Crippen molar-refractivity contribution in [1.29, 1.82) is 0 Å². The molecule has 0 aliphatic heterocycles.